The first-order chi connectivity index (χ1) is 17.9. The lowest BCUT2D eigenvalue weighted by molar-refractivity contribution is -0.167. The van der Waals surface area contributed by atoms with Gasteiger partial charge in [0.15, 0.2) is 6.10 Å². The van der Waals surface area contributed by atoms with Crippen molar-refractivity contribution in [3.63, 3.8) is 0 Å². The summed E-state index contributed by atoms with van der Waals surface area (Å²) in [5.74, 6) is -0.987. The molecule has 0 unspecified atom stereocenters. The quantitative estimate of drug-likeness (QED) is 0.266. The third-order valence-corrected chi connectivity index (χ3v) is 5.74. The molecule has 0 bridgehead atoms. The van der Waals surface area contributed by atoms with Crippen molar-refractivity contribution < 1.29 is 24.0 Å². The number of hydrogen-bond acceptors (Lipinski definition) is 6. The Morgan fingerprint density at radius 2 is 1.43 bits per heavy atom. The second-order valence-electron chi connectivity index (χ2n) is 9.11. The van der Waals surface area contributed by atoms with Crippen LogP contribution in [0.4, 0.5) is 0 Å². The fraction of sp³-hybridized carbons (Fsp3) is 0.300. The van der Waals surface area contributed by atoms with Gasteiger partial charge in [0.2, 0.25) is 0 Å². The summed E-state index contributed by atoms with van der Waals surface area (Å²) in [5, 5.41) is 0. The molecular formula is C30H34N2O5. The number of benzene rings is 3. The number of ketones is 1. The van der Waals surface area contributed by atoms with Crippen molar-refractivity contribution in [2.45, 2.75) is 38.9 Å². The second kappa shape index (κ2) is 14.7. The van der Waals surface area contributed by atoms with Crippen molar-refractivity contribution in [1.82, 2.24) is 10.4 Å². The number of likely N-dealkylation sites (N-methyl/N-ethyl adjacent to an activating group) is 1. The Morgan fingerprint density at radius 3 is 2.08 bits per heavy atom. The van der Waals surface area contributed by atoms with Gasteiger partial charge in [-0.2, -0.15) is 0 Å². The second-order valence-corrected chi connectivity index (χ2v) is 9.11. The van der Waals surface area contributed by atoms with E-state index in [1.807, 2.05) is 91.9 Å². The topological polar surface area (TPSA) is 84.9 Å². The molecule has 194 valence electrons. The number of carbonyl (C=O) groups is 3. The highest BCUT2D eigenvalue weighted by Crippen LogP contribution is 2.11. The van der Waals surface area contributed by atoms with E-state index in [9.17, 15) is 14.4 Å². The molecule has 0 saturated heterocycles. The Kier molecular flexibility index (Phi) is 11.0. The summed E-state index contributed by atoms with van der Waals surface area (Å²) in [7, 11) is 1.69. The van der Waals surface area contributed by atoms with Gasteiger partial charge in [-0.3, -0.25) is 19.3 Å². The maximum Gasteiger partial charge on any atom is 0.338 e. The summed E-state index contributed by atoms with van der Waals surface area (Å²) in [5.41, 5.74) is 6.29. The highest BCUT2D eigenvalue weighted by atomic mass is 16.7. The molecule has 3 rings (SSSR count). The molecule has 0 fully saturated rings. The molecule has 0 heterocycles. The Hall–Kier alpha value is -3.81. The number of hydrogen-bond donors (Lipinski definition) is 1. The van der Waals surface area contributed by atoms with Crippen LogP contribution in [0.1, 0.15) is 28.7 Å². The molecule has 0 radical (unpaired) electrons. The molecular weight excluding hydrogens is 468 g/mol. The van der Waals surface area contributed by atoms with Crippen LogP contribution in [0.25, 0.3) is 0 Å². The van der Waals surface area contributed by atoms with E-state index < -0.39 is 18.0 Å². The standard InChI is InChI=1S/C30H34N2O5/c1-23-13-15-25(16-14-23)19-28(30(35)36-22-26-11-7-4-8-12-26)37-31-29(34)21-32(2)20-27(33)18-17-24-9-5-3-6-10-24/h3-16,28H,17-22H2,1-2H3,(H,31,34)/t28-/m0/s1. The van der Waals surface area contributed by atoms with Gasteiger partial charge in [0.05, 0.1) is 13.1 Å². The molecule has 7 nitrogen and oxygen atoms in total. The van der Waals surface area contributed by atoms with E-state index in [1.54, 1.807) is 11.9 Å². The molecule has 37 heavy (non-hydrogen) atoms. The number of esters is 1. The first-order valence-electron chi connectivity index (χ1n) is 12.3. The molecule has 0 spiro atoms. The van der Waals surface area contributed by atoms with Crippen LogP contribution in [0, 0.1) is 6.92 Å². The maximum atomic E-state index is 12.8. The van der Waals surface area contributed by atoms with E-state index in [4.69, 9.17) is 9.57 Å². The Morgan fingerprint density at radius 1 is 0.811 bits per heavy atom. The average molecular weight is 503 g/mol. The van der Waals surface area contributed by atoms with Crippen molar-refractivity contribution in [3.8, 4) is 0 Å². The molecule has 3 aromatic carbocycles. The first kappa shape index (κ1) is 27.8. The lowest BCUT2D eigenvalue weighted by atomic mass is 10.1. The number of nitrogens with one attached hydrogen (secondary N) is 1. The van der Waals surface area contributed by atoms with Gasteiger partial charge in [-0.25, -0.2) is 10.3 Å². The van der Waals surface area contributed by atoms with Gasteiger partial charge in [0, 0.05) is 12.8 Å². The van der Waals surface area contributed by atoms with Gasteiger partial charge in [-0.1, -0.05) is 90.5 Å². The minimum Gasteiger partial charge on any atom is -0.459 e. The van der Waals surface area contributed by atoms with E-state index >= 15 is 0 Å². The van der Waals surface area contributed by atoms with Crippen molar-refractivity contribution >= 4 is 17.7 Å². The zero-order valence-electron chi connectivity index (χ0n) is 21.4. The fourth-order valence-electron chi connectivity index (χ4n) is 3.71. The number of amides is 1. The number of Topliss-reactive ketones (excluding diaryl/α,β-unsaturated/α-hetero) is 1. The van der Waals surface area contributed by atoms with E-state index in [0.717, 1.165) is 22.3 Å². The molecule has 1 N–H and O–H groups in total. The number of nitrogens with zero attached hydrogens (tertiary/aromatic N) is 1. The van der Waals surface area contributed by atoms with Crippen LogP contribution < -0.4 is 5.48 Å². The number of hydroxylamine groups is 1. The molecule has 7 heteroatoms. The lowest BCUT2D eigenvalue weighted by Crippen LogP contribution is -2.41. The van der Waals surface area contributed by atoms with Crippen molar-refractivity contribution in [1.29, 1.82) is 0 Å². The highest BCUT2D eigenvalue weighted by Gasteiger charge is 2.24. The van der Waals surface area contributed by atoms with Crippen LogP contribution in [0.15, 0.2) is 84.9 Å². The first-order valence-corrected chi connectivity index (χ1v) is 12.3. The third kappa shape index (κ3) is 10.4. The smallest absolute Gasteiger partial charge is 0.338 e. The van der Waals surface area contributed by atoms with Crippen LogP contribution in [0.3, 0.4) is 0 Å². The molecule has 0 aliphatic rings. The monoisotopic (exact) mass is 502 g/mol. The average Bonchev–Trinajstić information content (AvgIpc) is 2.90. The molecule has 0 aromatic heterocycles. The minimum absolute atomic E-state index is 0.0433. The van der Waals surface area contributed by atoms with E-state index in [2.05, 4.69) is 5.48 Å². The summed E-state index contributed by atoms with van der Waals surface area (Å²) in [6, 6.07) is 26.9. The van der Waals surface area contributed by atoms with Crippen LogP contribution in [0.5, 0.6) is 0 Å². The minimum atomic E-state index is -1.02. The van der Waals surface area contributed by atoms with Crippen molar-refractivity contribution in [2.24, 2.45) is 0 Å². The number of rotatable bonds is 14. The largest absolute Gasteiger partial charge is 0.459 e. The van der Waals surface area contributed by atoms with Crippen LogP contribution >= 0.6 is 0 Å². The van der Waals surface area contributed by atoms with Crippen LogP contribution in [0.2, 0.25) is 0 Å². The predicted octanol–water partition coefficient (Wildman–Crippen LogP) is 3.83. The molecule has 0 aliphatic heterocycles. The Labute approximate surface area is 218 Å². The summed E-state index contributed by atoms with van der Waals surface area (Å²) in [4.78, 5) is 44.7. The summed E-state index contributed by atoms with van der Waals surface area (Å²) in [6.45, 7) is 2.18. The molecule has 0 saturated carbocycles. The maximum absolute atomic E-state index is 12.8. The molecule has 1 atom stereocenters. The number of ether oxygens (including phenoxy) is 1. The fourth-order valence-corrected chi connectivity index (χ4v) is 3.71. The zero-order valence-corrected chi connectivity index (χ0v) is 21.4. The number of carbonyl (C=O) groups excluding carboxylic acids is 3. The lowest BCUT2D eigenvalue weighted by Gasteiger charge is -2.19. The van der Waals surface area contributed by atoms with Gasteiger partial charge in [-0.15, -0.1) is 0 Å². The van der Waals surface area contributed by atoms with E-state index in [0.29, 0.717) is 12.8 Å². The molecule has 0 aliphatic carbocycles. The van der Waals surface area contributed by atoms with Crippen LogP contribution in [-0.2, 0) is 43.4 Å². The summed E-state index contributed by atoms with van der Waals surface area (Å²) in [6.07, 6.45) is 0.280. The van der Waals surface area contributed by atoms with Gasteiger partial charge in [-0.05, 0) is 37.1 Å². The van der Waals surface area contributed by atoms with Crippen LogP contribution in [-0.4, -0.2) is 48.8 Å². The van der Waals surface area contributed by atoms with E-state index in [1.165, 1.54) is 0 Å². The zero-order chi connectivity index (χ0) is 26.5. The van der Waals surface area contributed by atoms with Crippen molar-refractivity contribution in [2.75, 3.05) is 20.1 Å². The van der Waals surface area contributed by atoms with Gasteiger partial charge in [0.25, 0.3) is 5.91 Å². The Balaban J connectivity index is 1.48. The van der Waals surface area contributed by atoms with Gasteiger partial charge in [0.1, 0.15) is 12.4 Å². The van der Waals surface area contributed by atoms with Gasteiger partial charge >= 0.3 is 5.97 Å². The van der Waals surface area contributed by atoms with Crippen molar-refractivity contribution in [3.05, 3.63) is 107 Å². The SMILES string of the molecule is Cc1ccc(C[C@H](ONC(=O)CN(C)CC(=O)CCc2ccccc2)C(=O)OCc2ccccc2)cc1. The predicted molar refractivity (Wildman–Crippen MR) is 141 cm³/mol. The summed E-state index contributed by atoms with van der Waals surface area (Å²) >= 11 is 0. The number of aryl methyl sites for hydroxylation is 2. The third-order valence-electron chi connectivity index (χ3n) is 5.74. The normalized spacial score (nSPS) is 11.6. The molecule has 3 aromatic rings. The van der Waals surface area contributed by atoms with E-state index in [-0.39, 0.29) is 31.9 Å². The Bertz CT molecular complexity index is 1130. The molecule has 1 amide bonds. The summed E-state index contributed by atoms with van der Waals surface area (Å²) < 4.78 is 5.45. The highest BCUT2D eigenvalue weighted by molar-refractivity contribution is 5.82. The van der Waals surface area contributed by atoms with Gasteiger partial charge < -0.3 is 4.74 Å².